The van der Waals surface area contributed by atoms with Crippen molar-refractivity contribution in [3.05, 3.63) is 35.4 Å². The van der Waals surface area contributed by atoms with Crippen LogP contribution in [0, 0.1) is 5.41 Å². The number of likely N-dealkylation sites (N-methyl/N-ethyl adjacent to an activating group) is 1. The number of benzene rings is 1. The van der Waals surface area contributed by atoms with Crippen LogP contribution < -0.4 is 5.73 Å². The van der Waals surface area contributed by atoms with E-state index in [4.69, 9.17) is 16.2 Å². The number of nitrogens with zero attached hydrogens (tertiary/aromatic N) is 1. The standard InChI is InChI=1S/C12H17N3O2/c1-15(2)10(12(16)17)7-8-3-5-9(6-4-8)11(13)14/h3-6,10H,7H2,1-2H3,(H3,13,14)(H,16,17). The van der Waals surface area contributed by atoms with Crippen LogP contribution in [0.15, 0.2) is 24.3 Å². The highest BCUT2D eigenvalue weighted by Crippen LogP contribution is 2.09. The van der Waals surface area contributed by atoms with Gasteiger partial charge >= 0.3 is 5.97 Å². The summed E-state index contributed by atoms with van der Waals surface area (Å²) in [5.41, 5.74) is 6.90. The van der Waals surface area contributed by atoms with E-state index < -0.39 is 12.0 Å². The Morgan fingerprint density at radius 3 is 2.29 bits per heavy atom. The molecule has 92 valence electrons. The molecule has 0 bridgehead atoms. The summed E-state index contributed by atoms with van der Waals surface area (Å²) >= 11 is 0. The highest BCUT2D eigenvalue weighted by molar-refractivity contribution is 5.94. The molecule has 5 heteroatoms. The Kier molecular flexibility index (Phi) is 4.23. The summed E-state index contributed by atoms with van der Waals surface area (Å²) in [6.07, 6.45) is 0.431. The van der Waals surface area contributed by atoms with Gasteiger partial charge in [0.1, 0.15) is 11.9 Å². The maximum atomic E-state index is 11.0. The fourth-order valence-electron chi connectivity index (χ4n) is 1.53. The summed E-state index contributed by atoms with van der Waals surface area (Å²) in [5.74, 6) is -0.829. The van der Waals surface area contributed by atoms with Crippen molar-refractivity contribution >= 4 is 11.8 Å². The summed E-state index contributed by atoms with van der Waals surface area (Å²) in [6.45, 7) is 0. The van der Waals surface area contributed by atoms with Gasteiger partial charge in [0.2, 0.25) is 0 Å². The van der Waals surface area contributed by atoms with E-state index in [2.05, 4.69) is 0 Å². The molecule has 0 fully saturated rings. The van der Waals surface area contributed by atoms with Crippen LogP contribution in [0.1, 0.15) is 11.1 Å². The molecule has 0 heterocycles. The number of nitrogens with two attached hydrogens (primary N) is 1. The number of hydrogen-bond donors (Lipinski definition) is 3. The zero-order chi connectivity index (χ0) is 13.0. The van der Waals surface area contributed by atoms with Gasteiger partial charge in [-0.15, -0.1) is 0 Å². The first kappa shape index (κ1) is 13.2. The number of aliphatic carboxylic acids is 1. The maximum absolute atomic E-state index is 11.0. The molecule has 0 aliphatic carbocycles. The second-order valence-corrected chi connectivity index (χ2v) is 4.13. The maximum Gasteiger partial charge on any atom is 0.321 e. The molecular formula is C12H17N3O2. The quantitative estimate of drug-likeness (QED) is 0.513. The SMILES string of the molecule is CN(C)C(Cc1ccc(C(=N)N)cc1)C(=O)O. The van der Waals surface area contributed by atoms with Crippen LogP contribution >= 0.6 is 0 Å². The lowest BCUT2D eigenvalue weighted by Gasteiger charge is -2.19. The molecule has 5 nitrogen and oxygen atoms in total. The van der Waals surface area contributed by atoms with Gasteiger partial charge in [-0.25, -0.2) is 0 Å². The van der Waals surface area contributed by atoms with Crippen molar-refractivity contribution in [1.29, 1.82) is 5.41 Å². The third-order valence-electron chi connectivity index (χ3n) is 2.60. The molecule has 1 aromatic carbocycles. The number of hydrogen-bond acceptors (Lipinski definition) is 3. The lowest BCUT2D eigenvalue weighted by molar-refractivity contribution is -0.142. The van der Waals surface area contributed by atoms with Gasteiger partial charge in [0, 0.05) is 5.56 Å². The van der Waals surface area contributed by atoms with Gasteiger partial charge in [-0.2, -0.15) is 0 Å². The number of rotatable bonds is 5. The molecule has 0 saturated carbocycles. The number of carboxylic acid groups (broad SMARTS) is 1. The van der Waals surface area contributed by atoms with Crippen molar-refractivity contribution in [3.8, 4) is 0 Å². The third-order valence-corrected chi connectivity index (χ3v) is 2.60. The van der Waals surface area contributed by atoms with E-state index >= 15 is 0 Å². The van der Waals surface area contributed by atoms with Crippen LogP contribution in [-0.4, -0.2) is 41.9 Å². The van der Waals surface area contributed by atoms with Gasteiger partial charge < -0.3 is 10.8 Å². The van der Waals surface area contributed by atoms with Crippen LogP contribution in [0.5, 0.6) is 0 Å². The van der Waals surface area contributed by atoms with Gasteiger partial charge in [0.05, 0.1) is 0 Å². The Labute approximate surface area is 100 Å². The number of amidine groups is 1. The Hall–Kier alpha value is -1.88. The van der Waals surface area contributed by atoms with Gasteiger partial charge in [-0.3, -0.25) is 15.1 Å². The van der Waals surface area contributed by atoms with E-state index in [1.54, 1.807) is 43.3 Å². The van der Waals surface area contributed by atoms with E-state index in [1.807, 2.05) is 0 Å². The van der Waals surface area contributed by atoms with E-state index in [0.29, 0.717) is 12.0 Å². The molecule has 0 aliphatic rings. The number of nitrogens with one attached hydrogen (secondary N) is 1. The number of carboxylic acids is 1. The Morgan fingerprint density at radius 2 is 1.94 bits per heavy atom. The van der Waals surface area contributed by atoms with Gasteiger partial charge in [0.15, 0.2) is 0 Å². The van der Waals surface area contributed by atoms with Crippen LogP contribution in [-0.2, 0) is 11.2 Å². The second kappa shape index (κ2) is 5.45. The van der Waals surface area contributed by atoms with Crippen molar-refractivity contribution in [2.24, 2.45) is 5.73 Å². The predicted octanol–water partition coefficient (Wildman–Crippen LogP) is 0.528. The topological polar surface area (TPSA) is 90.4 Å². The summed E-state index contributed by atoms with van der Waals surface area (Å²) in [5, 5.41) is 16.3. The highest BCUT2D eigenvalue weighted by Gasteiger charge is 2.19. The molecule has 1 atom stereocenters. The fraction of sp³-hybridized carbons (Fsp3) is 0.333. The zero-order valence-electron chi connectivity index (χ0n) is 9.97. The van der Waals surface area contributed by atoms with Crippen LogP contribution in [0.3, 0.4) is 0 Å². The minimum Gasteiger partial charge on any atom is -0.480 e. The van der Waals surface area contributed by atoms with E-state index in [0.717, 1.165) is 5.56 Å². The molecule has 4 N–H and O–H groups in total. The smallest absolute Gasteiger partial charge is 0.321 e. The molecule has 0 radical (unpaired) electrons. The molecule has 0 amide bonds. The average Bonchev–Trinajstić information content (AvgIpc) is 2.25. The Bertz CT molecular complexity index is 412. The largest absolute Gasteiger partial charge is 0.480 e. The molecular weight excluding hydrogens is 218 g/mol. The van der Waals surface area contributed by atoms with Crippen molar-refractivity contribution in [2.45, 2.75) is 12.5 Å². The van der Waals surface area contributed by atoms with E-state index in [9.17, 15) is 4.79 Å². The Morgan fingerprint density at radius 1 is 1.41 bits per heavy atom. The lowest BCUT2D eigenvalue weighted by Crippen LogP contribution is -2.37. The van der Waals surface area contributed by atoms with Gasteiger partial charge in [0.25, 0.3) is 0 Å². The first-order valence-corrected chi connectivity index (χ1v) is 5.24. The highest BCUT2D eigenvalue weighted by atomic mass is 16.4. The van der Waals surface area contributed by atoms with Crippen molar-refractivity contribution in [3.63, 3.8) is 0 Å². The van der Waals surface area contributed by atoms with Gasteiger partial charge in [-0.1, -0.05) is 24.3 Å². The van der Waals surface area contributed by atoms with Crippen molar-refractivity contribution in [1.82, 2.24) is 4.90 Å². The lowest BCUT2D eigenvalue weighted by atomic mass is 10.0. The minimum atomic E-state index is -0.842. The molecule has 0 saturated heterocycles. The second-order valence-electron chi connectivity index (χ2n) is 4.13. The molecule has 17 heavy (non-hydrogen) atoms. The molecule has 0 spiro atoms. The normalized spacial score (nSPS) is 12.4. The number of carbonyl (C=O) groups is 1. The first-order valence-electron chi connectivity index (χ1n) is 5.24. The molecule has 0 aliphatic heterocycles. The van der Waals surface area contributed by atoms with Crippen molar-refractivity contribution < 1.29 is 9.90 Å². The van der Waals surface area contributed by atoms with Gasteiger partial charge in [-0.05, 0) is 26.1 Å². The summed E-state index contributed by atoms with van der Waals surface area (Å²) in [7, 11) is 3.48. The molecule has 1 unspecified atom stereocenters. The zero-order valence-corrected chi connectivity index (χ0v) is 9.97. The average molecular weight is 235 g/mol. The predicted molar refractivity (Wildman–Crippen MR) is 66.3 cm³/mol. The summed E-state index contributed by atoms with van der Waals surface area (Å²) < 4.78 is 0. The fourth-order valence-corrected chi connectivity index (χ4v) is 1.53. The molecule has 1 rings (SSSR count). The van der Waals surface area contributed by atoms with E-state index in [1.165, 1.54) is 0 Å². The summed E-state index contributed by atoms with van der Waals surface area (Å²) in [6, 6.07) is 6.52. The monoisotopic (exact) mass is 235 g/mol. The van der Waals surface area contributed by atoms with Crippen molar-refractivity contribution in [2.75, 3.05) is 14.1 Å². The minimum absolute atomic E-state index is 0.0129. The molecule has 1 aromatic rings. The van der Waals surface area contributed by atoms with Crippen LogP contribution in [0.2, 0.25) is 0 Å². The van der Waals surface area contributed by atoms with Crippen LogP contribution in [0.4, 0.5) is 0 Å². The summed E-state index contributed by atoms with van der Waals surface area (Å²) in [4.78, 5) is 12.7. The third kappa shape index (κ3) is 3.57. The Balaban J connectivity index is 2.80. The number of nitrogen functional groups attached to an aromatic ring is 1. The van der Waals surface area contributed by atoms with Crippen LogP contribution in [0.25, 0.3) is 0 Å². The molecule has 0 aromatic heterocycles. The van der Waals surface area contributed by atoms with E-state index in [-0.39, 0.29) is 5.84 Å². The first-order chi connectivity index (χ1) is 7.91.